The van der Waals surface area contributed by atoms with E-state index in [-0.39, 0.29) is 17.9 Å². The molecule has 0 radical (unpaired) electrons. The maximum Gasteiger partial charge on any atom is 0.258 e. The minimum Gasteiger partial charge on any atom is -0.361 e. The maximum absolute atomic E-state index is 13.8. The van der Waals surface area contributed by atoms with Gasteiger partial charge in [0.25, 0.3) is 5.91 Å². The number of hydrogen-bond acceptors (Lipinski definition) is 2. The fourth-order valence-electron chi connectivity index (χ4n) is 4.67. The Bertz CT molecular complexity index is 1110. The maximum atomic E-state index is 13.8. The number of anilines is 2. The van der Waals surface area contributed by atoms with Crippen LogP contribution in [0, 0.1) is 5.92 Å². The summed E-state index contributed by atoms with van der Waals surface area (Å²) >= 11 is 0. The zero-order valence-electron chi connectivity index (χ0n) is 18.8. The Morgan fingerprint density at radius 1 is 1.10 bits per heavy atom. The van der Waals surface area contributed by atoms with Crippen molar-refractivity contribution in [2.45, 2.75) is 53.0 Å². The lowest BCUT2D eigenvalue weighted by molar-refractivity contribution is -0.118. The summed E-state index contributed by atoms with van der Waals surface area (Å²) in [6, 6.07) is 14.0. The van der Waals surface area contributed by atoms with Crippen molar-refractivity contribution in [2.75, 3.05) is 16.3 Å². The van der Waals surface area contributed by atoms with E-state index in [4.69, 9.17) is 0 Å². The van der Waals surface area contributed by atoms with Crippen LogP contribution in [0.25, 0.3) is 10.9 Å². The van der Waals surface area contributed by atoms with Crippen LogP contribution in [0.2, 0.25) is 0 Å². The predicted octanol–water partition coefficient (Wildman–Crippen LogP) is 5.55. The van der Waals surface area contributed by atoms with Crippen LogP contribution in [0.15, 0.2) is 48.7 Å². The molecule has 1 aliphatic rings. The van der Waals surface area contributed by atoms with Gasteiger partial charge in [-0.2, -0.15) is 0 Å². The summed E-state index contributed by atoms with van der Waals surface area (Å²) in [6.07, 6.45) is 4.12. The standard InChI is InChI=1S/C26H31N3O2/c1-5-25(30)28-13-11-20-15-21(6-9-24(20)28)26(31)29(18(4)14-17(2)3)22-7-8-23-19(16-22)10-12-27-23/h6-10,12,15-18,27H,5,11,13-14H2,1-4H3. The van der Waals surface area contributed by atoms with E-state index >= 15 is 0 Å². The van der Waals surface area contributed by atoms with Gasteiger partial charge in [-0.25, -0.2) is 0 Å². The number of carbonyl (C=O) groups is 2. The third-order valence-corrected chi connectivity index (χ3v) is 6.11. The summed E-state index contributed by atoms with van der Waals surface area (Å²) in [7, 11) is 0. The number of amides is 2. The van der Waals surface area contributed by atoms with Crippen LogP contribution >= 0.6 is 0 Å². The van der Waals surface area contributed by atoms with Crippen molar-refractivity contribution in [3.63, 3.8) is 0 Å². The van der Waals surface area contributed by atoms with E-state index in [1.54, 1.807) is 0 Å². The number of benzene rings is 2. The summed E-state index contributed by atoms with van der Waals surface area (Å²) < 4.78 is 0. The van der Waals surface area contributed by atoms with Gasteiger partial charge in [-0.3, -0.25) is 9.59 Å². The molecule has 0 fully saturated rings. The average molecular weight is 418 g/mol. The molecule has 0 bridgehead atoms. The van der Waals surface area contributed by atoms with Crippen molar-refractivity contribution in [1.82, 2.24) is 4.98 Å². The largest absolute Gasteiger partial charge is 0.361 e. The van der Waals surface area contributed by atoms with Gasteiger partial charge in [0, 0.05) is 53.0 Å². The lowest BCUT2D eigenvalue weighted by Gasteiger charge is -2.31. The number of aromatic nitrogens is 1. The monoisotopic (exact) mass is 417 g/mol. The predicted molar refractivity (Wildman–Crippen MR) is 127 cm³/mol. The molecule has 1 aromatic heterocycles. The number of carbonyl (C=O) groups excluding carboxylic acids is 2. The van der Waals surface area contributed by atoms with Crippen LogP contribution in [0.4, 0.5) is 11.4 Å². The van der Waals surface area contributed by atoms with E-state index in [0.717, 1.165) is 40.7 Å². The first kappa shape index (κ1) is 21.2. The van der Waals surface area contributed by atoms with Gasteiger partial charge < -0.3 is 14.8 Å². The smallest absolute Gasteiger partial charge is 0.258 e. The third kappa shape index (κ3) is 4.09. The third-order valence-electron chi connectivity index (χ3n) is 6.11. The molecular weight excluding hydrogens is 386 g/mol. The topological polar surface area (TPSA) is 56.4 Å². The molecular formula is C26H31N3O2. The molecule has 2 aromatic carbocycles. The van der Waals surface area contributed by atoms with Crippen LogP contribution in [0.3, 0.4) is 0 Å². The number of rotatable bonds is 6. The molecule has 5 heteroatoms. The zero-order valence-corrected chi connectivity index (χ0v) is 18.8. The van der Waals surface area contributed by atoms with E-state index < -0.39 is 0 Å². The van der Waals surface area contributed by atoms with Crippen LogP contribution in [0.5, 0.6) is 0 Å². The summed E-state index contributed by atoms with van der Waals surface area (Å²) in [6.45, 7) is 9.06. The highest BCUT2D eigenvalue weighted by molar-refractivity contribution is 6.08. The molecule has 4 rings (SSSR count). The van der Waals surface area contributed by atoms with Gasteiger partial charge in [0.1, 0.15) is 0 Å². The highest BCUT2D eigenvalue weighted by Gasteiger charge is 2.28. The summed E-state index contributed by atoms with van der Waals surface area (Å²) in [5.41, 5.74) is 4.66. The molecule has 162 valence electrons. The number of aromatic amines is 1. The molecule has 0 spiro atoms. The molecule has 0 aliphatic carbocycles. The Balaban J connectivity index is 1.70. The first-order valence-corrected chi connectivity index (χ1v) is 11.2. The molecule has 0 saturated carbocycles. The molecule has 1 unspecified atom stereocenters. The van der Waals surface area contributed by atoms with Gasteiger partial charge in [0.2, 0.25) is 5.91 Å². The van der Waals surface area contributed by atoms with Gasteiger partial charge >= 0.3 is 0 Å². The van der Waals surface area contributed by atoms with Gasteiger partial charge in [0.05, 0.1) is 0 Å². The van der Waals surface area contributed by atoms with Crippen LogP contribution in [-0.2, 0) is 11.2 Å². The second-order valence-electron chi connectivity index (χ2n) is 8.90. The fraction of sp³-hybridized carbons (Fsp3) is 0.385. The van der Waals surface area contributed by atoms with Crippen LogP contribution in [0.1, 0.15) is 56.5 Å². The molecule has 2 amide bonds. The molecule has 1 atom stereocenters. The molecule has 31 heavy (non-hydrogen) atoms. The first-order chi connectivity index (χ1) is 14.9. The van der Waals surface area contributed by atoms with Crippen molar-refractivity contribution in [3.8, 4) is 0 Å². The summed E-state index contributed by atoms with van der Waals surface area (Å²) in [4.78, 5) is 32.9. The minimum atomic E-state index is 0.00565. The van der Waals surface area contributed by atoms with E-state index in [1.165, 1.54) is 0 Å². The van der Waals surface area contributed by atoms with E-state index in [9.17, 15) is 9.59 Å². The second-order valence-corrected chi connectivity index (χ2v) is 8.90. The number of hydrogen-bond donors (Lipinski definition) is 1. The Morgan fingerprint density at radius 2 is 1.90 bits per heavy atom. The zero-order chi connectivity index (χ0) is 22.1. The van der Waals surface area contributed by atoms with Crippen molar-refractivity contribution >= 4 is 34.1 Å². The molecule has 1 aliphatic heterocycles. The van der Waals surface area contributed by atoms with Crippen molar-refractivity contribution < 1.29 is 9.59 Å². The van der Waals surface area contributed by atoms with E-state index in [1.807, 2.05) is 59.3 Å². The second kappa shape index (κ2) is 8.58. The Morgan fingerprint density at radius 3 is 2.65 bits per heavy atom. The quantitative estimate of drug-likeness (QED) is 0.572. The van der Waals surface area contributed by atoms with Gasteiger partial charge in [0.15, 0.2) is 0 Å². The lowest BCUT2D eigenvalue weighted by Crippen LogP contribution is -2.39. The number of nitrogens with zero attached hydrogens (tertiary/aromatic N) is 2. The lowest BCUT2D eigenvalue weighted by atomic mass is 10.0. The average Bonchev–Trinajstić information content (AvgIpc) is 3.38. The highest BCUT2D eigenvalue weighted by atomic mass is 16.2. The van der Waals surface area contributed by atoms with Crippen LogP contribution in [-0.4, -0.2) is 29.4 Å². The SMILES string of the molecule is CCC(=O)N1CCc2cc(C(=O)N(c3ccc4[nH]ccc4c3)C(C)CC(C)C)ccc21. The summed E-state index contributed by atoms with van der Waals surface area (Å²) in [5, 5.41) is 1.09. The van der Waals surface area contributed by atoms with Crippen molar-refractivity contribution in [1.29, 1.82) is 0 Å². The molecule has 0 saturated heterocycles. The van der Waals surface area contributed by atoms with E-state index in [0.29, 0.717) is 24.4 Å². The van der Waals surface area contributed by atoms with Crippen molar-refractivity contribution in [3.05, 3.63) is 59.8 Å². The Kier molecular flexibility index (Phi) is 5.86. The number of nitrogens with one attached hydrogen (secondary N) is 1. The molecule has 5 nitrogen and oxygen atoms in total. The van der Waals surface area contributed by atoms with Gasteiger partial charge in [-0.05, 0) is 73.7 Å². The van der Waals surface area contributed by atoms with Crippen molar-refractivity contribution in [2.24, 2.45) is 5.92 Å². The fourth-order valence-corrected chi connectivity index (χ4v) is 4.67. The van der Waals surface area contributed by atoms with E-state index in [2.05, 4.69) is 31.8 Å². The Hall–Kier alpha value is -3.08. The molecule has 1 N–H and O–H groups in total. The van der Waals surface area contributed by atoms with Crippen LogP contribution < -0.4 is 9.80 Å². The number of H-pyrrole nitrogens is 1. The molecule has 2 heterocycles. The number of fused-ring (bicyclic) bond motifs is 2. The highest BCUT2D eigenvalue weighted by Crippen LogP contribution is 2.32. The molecule has 3 aromatic rings. The van der Waals surface area contributed by atoms with Gasteiger partial charge in [-0.1, -0.05) is 20.8 Å². The Labute approximate surface area is 184 Å². The summed E-state index contributed by atoms with van der Waals surface area (Å²) in [5.74, 6) is 0.617. The van der Waals surface area contributed by atoms with Gasteiger partial charge in [-0.15, -0.1) is 0 Å². The first-order valence-electron chi connectivity index (χ1n) is 11.2. The minimum absolute atomic E-state index is 0.00565. The normalized spacial score (nSPS) is 14.2.